The number of hydrogen-bond donors (Lipinski definition) is 1. The lowest BCUT2D eigenvalue weighted by Gasteiger charge is -2.36. The van der Waals surface area contributed by atoms with Gasteiger partial charge in [0.25, 0.3) is 0 Å². The third-order valence-corrected chi connectivity index (χ3v) is 6.64. The van der Waals surface area contributed by atoms with Crippen LogP contribution in [0.5, 0.6) is 0 Å². The number of aliphatic hydroxyl groups excluding tert-OH is 1. The third-order valence-electron chi connectivity index (χ3n) is 6.64. The van der Waals surface area contributed by atoms with Crippen LogP contribution in [-0.4, -0.2) is 31.7 Å². The lowest BCUT2D eigenvalue weighted by molar-refractivity contribution is -0.433. The molecule has 1 N–H and O–H groups in total. The van der Waals surface area contributed by atoms with E-state index < -0.39 is 6.29 Å². The van der Waals surface area contributed by atoms with Gasteiger partial charge in [0.15, 0.2) is 0 Å². The molecule has 0 saturated heterocycles. The van der Waals surface area contributed by atoms with Gasteiger partial charge >= 0.3 is 0 Å². The molecule has 5 nitrogen and oxygen atoms in total. The quantitative estimate of drug-likeness (QED) is 0.264. The van der Waals surface area contributed by atoms with Gasteiger partial charge < -0.3 is 5.11 Å². The van der Waals surface area contributed by atoms with Crippen LogP contribution in [0.15, 0.2) is 23.3 Å². The van der Waals surface area contributed by atoms with Gasteiger partial charge in [0, 0.05) is 0 Å². The number of aliphatic hydroxyl groups is 1. The molecule has 5 heteroatoms. The maximum Gasteiger partial charge on any atom is 0.242 e. The fourth-order valence-electron chi connectivity index (χ4n) is 4.33. The molecule has 2 rings (SSSR count). The maximum absolute atomic E-state index is 9.81. The van der Waals surface area contributed by atoms with E-state index >= 15 is 0 Å². The highest BCUT2D eigenvalue weighted by Gasteiger charge is 2.60. The topological polar surface area (TPSA) is 57.2 Å². The molecular weight excluding hydrogens is 344 g/mol. The molecule has 0 aromatic heterocycles. The molecule has 2 aliphatic carbocycles. The van der Waals surface area contributed by atoms with Crippen LogP contribution in [-0.2, 0) is 19.6 Å². The van der Waals surface area contributed by atoms with E-state index in [0.29, 0.717) is 5.41 Å². The molecule has 0 aromatic rings. The summed E-state index contributed by atoms with van der Waals surface area (Å²) in [6, 6.07) is 0. The smallest absolute Gasteiger partial charge is 0.242 e. The molecule has 3 atom stereocenters. The Hall–Kier alpha value is -0.720. The summed E-state index contributed by atoms with van der Waals surface area (Å²) in [6.45, 7) is 13.1. The Morgan fingerprint density at radius 2 is 1.70 bits per heavy atom. The van der Waals surface area contributed by atoms with Crippen molar-refractivity contribution in [2.75, 3.05) is 14.2 Å². The van der Waals surface area contributed by atoms with Gasteiger partial charge in [-0.1, -0.05) is 38.0 Å². The third kappa shape index (κ3) is 6.40. The molecule has 2 bridgehead atoms. The average Bonchev–Trinajstić information content (AvgIpc) is 2.88. The zero-order valence-corrected chi connectivity index (χ0v) is 18.5. The van der Waals surface area contributed by atoms with Gasteiger partial charge in [0.1, 0.15) is 0 Å². The zero-order valence-electron chi connectivity index (χ0n) is 18.5. The maximum atomic E-state index is 9.81. The molecule has 158 valence electrons. The van der Waals surface area contributed by atoms with Crippen molar-refractivity contribution in [1.29, 1.82) is 0 Å². The molecule has 2 saturated carbocycles. The second-order valence-corrected chi connectivity index (χ2v) is 8.85. The van der Waals surface area contributed by atoms with Gasteiger partial charge in [-0.3, -0.25) is 0 Å². The summed E-state index contributed by atoms with van der Waals surface area (Å²) in [5, 5.41) is 9.81. The Morgan fingerprint density at radius 3 is 2.04 bits per heavy atom. The molecule has 2 aliphatic rings. The normalized spacial score (nSPS) is 28.9. The minimum Gasteiger partial charge on any atom is -0.393 e. The fourth-order valence-corrected chi connectivity index (χ4v) is 4.33. The Labute approximate surface area is 165 Å². The minimum atomic E-state index is -0.623. The highest BCUT2D eigenvalue weighted by Crippen LogP contribution is 2.65. The highest BCUT2D eigenvalue weighted by molar-refractivity contribution is 5.10. The predicted molar refractivity (Wildman–Crippen MR) is 108 cm³/mol. The number of hydrogen-bond acceptors (Lipinski definition) is 5. The van der Waals surface area contributed by atoms with Gasteiger partial charge in [-0.25, -0.2) is 9.78 Å². The van der Waals surface area contributed by atoms with E-state index in [1.54, 1.807) is 0 Å². The van der Waals surface area contributed by atoms with Crippen molar-refractivity contribution in [3.8, 4) is 0 Å². The Kier molecular flexibility index (Phi) is 9.66. The lowest BCUT2D eigenvalue weighted by atomic mass is 9.70. The molecule has 2 fully saturated rings. The standard InChI is InChI=1S/C12H22O4.C10H18O/c1-10(2)7-6-8-11(3)9-12(15-13-4)16-14-5;1-9(2)7-4-5-10(9,3)8(11)6-7/h7,9,12H,6,8H2,1-5H3;7-8,11H,4-6H2,1-3H3. The fraction of sp³-hybridized carbons (Fsp3) is 0.818. The lowest BCUT2D eigenvalue weighted by Crippen LogP contribution is -2.35. The van der Waals surface area contributed by atoms with Crippen LogP contribution in [0, 0.1) is 16.7 Å². The Bertz CT molecular complexity index is 501. The van der Waals surface area contributed by atoms with Crippen molar-refractivity contribution in [3.05, 3.63) is 23.3 Å². The Morgan fingerprint density at radius 1 is 1.11 bits per heavy atom. The highest BCUT2D eigenvalue weighted by atomic mass is 17.3. The average molecular weight is 385 g/mol. The molecule has 0 spiro atoms. The summed E-state index contributed by atoms with van der Waals surface area (Å²) in [7, 11) is 2.86. The summed E-state index contributed by atoms with van der Waals surface area (Å²) >= 11 is 0. The van der Waals surface area contributed by atoms with Crippen molar-refractivity contribution in [1.82, 2.24) is 0 Å². The van der Waals surface area contributed by atoms with Crippen LogP contribution < -0.4 is 0 Å². The first kappa shape index (κ1) is 24.3. The molecule has 0 amide bonds. The molecule has 0 heterocycles. The van der Waals surface area contributed by atoms with Gasteiger partial charge in [-0.05, 0) is 75.7 Å². The van der Waals surface area contributed by atoms with Crippen LogP contribution in [0.25, 0.3) is 0 Å². The molecule has 3 unspecified atom stereocenters. The second-order valence-electron chi connectivity index (χ2n) is 8.85. The second kappa shape index (κ2) is 10.7. The van der Waals surface area contributed by atoms with Crippen molar-refractivity contribution in [3.63, 3.8) is 0 Å². The molecule has 0 aliphatic heterocycles. The van der Waals surface area contributed by atoms with E-state index in [-0.39, 0.29) is 11.5 Å². The van der Waals surface area contributed by atoms with Crippen LogP contribution in [0.1, 0.15) is 73.6 Å². The van der Waals surface area contributed by atoms with Gasteiger partial charge in [-0.2, -0.15) is 9.78 Å². The first-order valence-electron chi connectivity index (χ1n) is 9.96. The Balaban J connectivity index is 0.000000285. The van der Waals surface area contributed by atoms with E-state index in [1.165, 1.54) is 32.6 Å². The van der Waals surface area contributed by atoms with Crippen LogP contribution in [0.4, 0.5) is 0 Å². The van der Waals surface area contributed by atoms with Crippen LogP contribution >= 0.6 is 0 Å². The van der Waals surface area contributed by atoms with E-state index in [0.717, 1.165) is 30.8 Å². The number of rotatable bonds is 8. The number of fused-ring (bicyclic) bond motifs is 2. The first-order valence-corrected chi connectivity index (χ1v) is 9.96. The number of allylic oxidation sites excluding steroid dienone is 3. The van der Waals surface area contributed by atoms with Crippen molar-refractivity contribution < 1.29 is 24.7 Å². The van der Waals surface area contributed by atoms with Crippen molar-refractivity contribution >= 4 is 0 Å². The summed E-state index contributed by atoms with van der Waals surface area (Å²) in [4.78, 5) is 18.8. The van der Waals surface area contributed by atoms with E-state index in [2.05, 4.69) is 50.5 Å². The van der Waals surface area contributed by atoms with E-state index in [9.17, 15) is 5.11 Å². The van der Waals surface area contributed by atoms with Gasteiger partial charge in [0.2, 0.25) is 6.29 Å². The van der Waals surface area contributed by atoms with Crippen molar-refractivity contribution in [2.24, 2.45) is 16.7 Å². The van der Waals surface area contributed by atoms with Gasteiger partial charge in [-0.15, -0.1) is 0 Å². The molecule has 0 radical (unpaired) electrons. The van der Waals surface area contributed by atoms with E-state index in [4.69, 9.17) is 9.78 Å². The van der Waals surface area contributed by atoms with Gasteiger partial charge in [0.05, 0.1) is 20.3 Å². The van der Waals surface area contributed by atoms with Crippen LogP contribution in [0.3, 0.4) is 0 Å². The molecular formula is C22H40O5. The summed E-state index contributed by atoms with van der Waals surface area (Å²) in [6.07, 6.45) is 8.94. The SMILES string of the molecule is CC1(C)C2CCC1(C)C(O)C2.COOC(C=C(C)CCC=C(C)C)OOC. The minimum absolute atomic E-state index is 0.0313. The summed E-state index contributed by atoms with van der Waals surface area (Å²) in [5.74, 6) is 0.780. The predicted octanol–water partition coefficient (Wildman–Crippen LogP) is 5.35. The van der Waals surface area contributed by atoms with E-state index in [1.807, 2.05) is 13.0 Å². The molecule has 0 aromatic carbocycles. The summed E-state index contributed by atoms with van der Waals surface area (Å²) < 4.78 is 0. The first-order chi connectivity index (χ1) is 12.6. The molecule has 27 heavy (non-hydrogen) atoms. The zero-order chi connectivity index (χ0) is 20.7. The van der Waals surface area contributed by atoms with Crippen LogP contribution in [0.2, 0.25) is 0 Å². The summed E-state index contributed by atoms with van der Waals surface area (Å²) in [5.41, 5.74) is 3.09. The largest absolute Gasteiger partial charge is 0.393 e. The monoisotopic (exact) mass is 384 g/mol. The van der Waals surface area contributed by atoms with Crippen molar-refractivity contribution in [2.45, 2.75) is 86.0 Å².